The number of primary amides is 1. The number of nitrogens with one attached hydrogen (secondary N) is 6. The summed E-state index contributed by atoms with van der Waals surface area (Å²) >= 11 is 0. The predicted molar refractivity (Wildman–Crippen MR) is 436 cm³/mol. The molecule has 4 aromatic rings. The summed E-state index contributed by atoms with van der Waals surface area (Å²) in [5, 5.41) is 24.4. The molecule has 1 aliphatic heterocycles. The van der Waals surface area contributed by atoms with Crippen LogP contribution in [0.4, 0.5) is 10.5 Å². The van der Waals surface area contributed by atoms with E-state index >= 15 is 0 Å². The summed E-state index contributed by atoms with van der Waals surface area (Å²) < 4.78 is 47.9. The normalized spacial score (nSPS) is 15.5. The van der Waals surface area contributed by atoms with E-state index in [1.807, 2.05) is 90.9 Å². The van der Waals surface area contributed by atoms with Crippen molar-refractivity contribution in [2.45, 2.75) is 207 Å². The second-order valence-electron chi connectivity index (χ2n) is 31.2. The lowest BCUT2D eigenvalue weighted by Gasteiger charge is -2.41. The molecule has 11 atom stereocenters. The first-order valence-electron chi connectivity index (χ1n) is 40.1. The fourth-order valence-electron chi connectivity index (χ4n) is 14.5. The Morgan fingerprint density at radius 1 is 0.698 bits per heavy atom. The number of amides is 9. The number of hydrogen-bond donors (Lipinski definition) is 7. The smallest absolute Gasteiger partial charge is 0.312 e. The minimum absolute atomic E-state index is 0.00461. The Hall–Kier alpha value is -9.46. The van der Waals surface area contributed by atoms with Crippen LogP contribution in [0.1, 0.15) is 162 Å². The van der Waals surface area contributed by atoms with Gasteiger partial charge in [-0.3, -0.25) is 52.8 Å². The monoisotopic (exact) mass is 1640 g/mol. The topological polar surface area (TPSA) is 423 Å². The van der Waals surface area contributed by atoms with Gasteiger partial charge in [-0.1, -0.05) is 128 Å². The van der Waals surface area contributed by atoms with Gasteiger partial charge in [-0.2, -0.15) is 0 Å². The minimum atomic E-state index is -3.51. The minimum Gasteiger partial charge on any atom is -0.379 e. The van der Waals surface area contributed by atoms with Crippen molar-refractivity contribution < 1.29 is 80.1 Å². The molecule has 32 nitrogen and oxygen atoms in total. The van der Waals surface area contributed by atoms with E-state index in [2.05, 4.69) is 64.0 Å². The Balaban J connectivity index is 1.09. The number of likely N-dealkylation sites (tertiary alicyclic amines) is 1. The number of aromatic nitrogens is 5. The molecule has 0 aliphatic carbocycles. The van der Waals surface area contributed by atoms with Crippen LogP contribution in [-0.2, 0) is 103 Å². The molecular formula is C83H125N15O17S. The number of rotatable bonds is 52. The molecule has 1 saturated heterocycles. The van der Waals surface area contributed by atoms with Gasteiger partial charge in [0.15, 0.2) is 11.6 Å². The standard InChI is InChI=1S/C83H125N15O17S/c1-16-56(8)77(96(12)81(108)65(53(2)3)44-69(101)76(55(6)7)95(10)11)70(112-13)45-74(105)98-37-24-29-66(98)78(113-14)57(9)67(99)43-62(41-58-25-19-17-20-26-58)79(106)88-46-59-31-33-63(34-32-59)91-80(107)61(28-23-35-86-82(84)109)42-68(100)75(54(4)5)92-73(104)52-115-51-72(103)85-36-39-114-40-38-97-50-64(93-94-97)49-87-71(102)30-22-18-21-27-60-47-89-83(90-48-60)116(15,110)111/h17,19-20,25-26,31-34,47-48,50,53-57,61-62,65-66,70,75-78H,16,18,22-24,28-30,35-46,49,51-52H2,1-15H3,(H,85,103)(H,87,102)(H,88,106)(H,91,107)(H,92,104)(H3,84,86,109)/t56-,57-,61+,62+,65-,66-,70+,75-,76-,77-,78+/m0/s1. The van der Waals surface area contributed by atoms with Crippen LogP contribution < -0.4 is 37.6 Å². The molecule has 1 aliphatic rings. The Labute approximate surface area is 683 Å². The summed E-state index contributed by atoms with van der Waals surface area (Å²) in [4.78, 5) is 163. The number of ketones is 3. The van der Waals surface area contributed by atoms with Gasteiger partial charge in [0.1, 0.15) is 24.7 Å². The van der Waals surface area contributed by atoms with Crippen molar-refractivity contribution in [1.29, 1.82) is 0 Å². The fourth-order valence-corrected chi connectivity index (χ4v) is 14.9. The Bertz CT molecular complexity index is 4010. The Morgan fingerprint density at radius 3 is 2.00 bits per heavy atom. The number of carbonyl (C=O) groups excluding carboxylic acids is 11. The third-order valence-electron chi connectivity index (χ3n) is 20.9. The number of methoxy groups -OCH3 is 2. The second-order valence-corrected chi connectivity index (χ2v) is 33.1. The zero-order valence-corrected chi connectivity index (χ0v) is 71.1. The van der Waals surface area contributed by atoms with Crippen LogP contribution in [0.25, 0.3) is 0 Å². The first kappa shape index (κ1) is 97.1. The molecular weight excluding hydrogens is 1510 g/mol. The lowest BCUT2D eigenvalue weighted by atomic mass is 9.83. The molecule has 0 radical (unpaired) electrons. The van der Waals surface area contributed by atoms with Crippen LogP contribution in [0, 0.1) is 59.2 Å². The van der Waals surface area contributed by atoms with Crippen molar-refractivity contribution in [2.75, 3.05) is 93.0 Å². The molecule has 33 heteroatoms. The van der Waals surface area contributed by atoms with Crippen LogP contribution in [0.2, 0.25) is 0 Å². The molecule has 0 unspecified atom stereocenters. The number of carbonyl (C=O) groups is 11. The Morgan fingerprint density at radius 2 is 1.38 bits per heavy atom. The molecule has 0 spiro atoms. The number of nitrogens with zero attached hydrogens (tertiary/aromatic N) is 8. The van der Waals surface area contributed by atoms with Crippen molar-refractivity contribution in [3.8, 4) is 11.8 Å². The number of unbranched alkanes of at least 4 members (excludes halogenated alkanes) is 1. The average molecular weight is 1640 g/mol. The zero-order valence-electron chi connectivity index (χ0n) is 70.3. The van der Waals surface area contributed by atoms with Gasteiger partial charge in [0.25, 0.3) is 0 Å². The molecule has 0 saturated carbocycles. The maximum absolute atomic E-state index is 14.7. The number of hydrogen-bond acceptors (Lipinski definition) is 22. The van der Waals surface area contributed by atoms with Crippen LogP contribution >= 0.6 is 0 Å². The molecule has 9 amide bonds. The summed E-state index contributed by atoms with van der Waals surface area (Å²) in [6.45, 7) is 17.8. The molecule has 116 heavy (non-hydrogen) atoms. The number of urea groups is 1. The molecule has 3 heterocycles. The van der Waals surface area contributed by atoms with E-state index in [0.29, 0.717) is 67.7 Å². The van der Waals surface area contributed by atoms with Crippen LogP contribution in [0.5, 0.6) is 0 Å². The van der Waals surface area contributed by atoms with Gasteiger partial charge < -0.3 is 66.4 Å². The highest BCUT2D eigenvalue weighted by Gasteiger charge is 2.44. The molecule has 640 valence electrons. The number of Topliss-reactive ketones (excluding diaryl/α,β-unsaturated/α-hetero) is 3. The average Bonchev–Trinajstić information content (AvgIpc) is 1.45. The van der Waals surface area contributed by atoms with Gasteiger partial charge in [0.2, 0.25) is 56.3 Å². The van der Waals surface area contributed by atoms with Gasteiger partial charge in [0.05, 0.1) is 80.9 Å². The first-order valence-corrected chi connectivity index (χ1v) is 42.0. The summed E-state index contributed by atoms with van der Waals surface area (Å²) in [6.07, 6.45) is 7.33. The second kappa shape index (κ2) is 49.6. The van der Waals surface area contributed by atoms with E-state index < -0.39 is 113 Å². The highest BCUT2D eigenvalue weighted by molar-refractivity contribution is 7.90. The maximum Gasteiger partial charge on any atom is 0.312 e. The third-order valence-corrected chi connectivity index (χ3v) is 21.7. The number of sulfone groups is 1. The van der Waals surface area contributed by atoms with Crippen LogP contribution in [-0.4, -0.2) is 237 Å². The van der Waals surface area contributed by atoms with Crippen molar-refractivity contribution in [3.05, 3.63) is 95.6 Å². The van der Waals surface area contributed by atoms with Gasteiger partial charge in [-0.05, 0) is 99.6 Å². The van der Waals surface area contributed by atoms with Crippen molar-refractivity contribution in [3.63, 3.8) is 0 Å². The largest absolute Gasteiger partial charge is 0.379 e. The number of ether oxygens (including phenoxy) is 4. The quantitative estimate of drug-likeness (QED) is 0.0164. The van der Waals surface area contributed by atoms with E-state index in [1.165, 1.54) is 19.5 Å². The molecule has 2 aromatic heterocycles. The van der Waals surface area contributed by atoms with E-state index in [0.717, 1.165) is 11.8 Å². The fraction of sp³-hybridized carbons (Fsp3) is 0.627. The van der Waals surface area contributed by atoms with E-state index in [4.69, 9.17) is 24.7 Å². The lowest BCUT2D eigenvalue weighted by molar-refractivity contribution is -0.149. The molecule has 5 rings (SSSR count). The number of anilines is 1. The Kier molecular flexibility index (Phi) is 41.5. The molecule has 2 aromatic carbocycles. The lowest BCUT2D eigenvalue weighted by Crippen LogP contribution is -2.54. The van der Waals surface area contributed by atoms with E-state index in [-0.39, 0.29) is 155 Å². The van der Waals surface area contributed by atoms with E-state index in [9.17, 15) is 61.2 Å². The molecule has 0 bridgehead atoms. The van der Waals surface area contributed by atoms with Crippen LogP contribution in [0.3, 0.4) is 0 Å². The number of nitrogens with two attached hydrogens (primary N) is 1. The maximum atomic E-state index is 14.7. The third kappa shape index (κ3) is 32.6. The number of likely N-dealkylation sites (N-methyl/N-ethyl adjacent to an activating group) is 2. The highest BCUT2D eigenvalue weighted by atomic mass is 32.2. The van der Waals surface area contributed by atoms with Gasteiger partial charge in [-0.15, -0.1) is 5.10 Å². The highest BCUT2D eigenvalue weighted by Crippen LogP contribution is 2.33. The summed E-state index contributed by atoms with van der Waals surface area (Å²) in [5.74, 6) is -1.13. The summed E-state index contributed by atoms with van der Waals surface area (Å²) in [6, 6.07) is 13.0. The van der Waals surface area contributed by atoms with Crippen molar-refractivity contribution in [1.82, 2.24) is 66.2 Å². The predicted octanol–water partition coefficient (Wildman–Crippen LogP) is 5.43. The number of benzene rings is 2. The summed E-state index contributed by atoms with van der Waals surface area (Å²) in [7, 11) is 5.05. The van der Waals surface area contributed by atoms with Gasteiger partial charge in [-0.25, -0.2) is 27.9 Å². The molecule has 8 N–H and O–H groups in total. The van der Waals surface area contributed by atoms with Crippen LogP contribution in [0.15, 0.2) is 78.3 Å². The van der Waals surface area contributed by atoms with Gasteiger partial charge >= 0.3 is 6.03 Å². The first-order chi connectivity index (χ1) is 55.1. The zero-order chi connectivity index (χ0) is 85.8. The van der Waals surface area contributed by atoms with Crippen molar-refractivity contribution in [2.24, 2.45) is 53.1 Å². The molecule has 1 fully saturated rings. The summed E-state index contributed by atoms with van der Waals surface area (Å²) in [5.41, 5.74) is 8.20. The van der Waals surface area contributed by atoms with E-state index in [1.54, 1.807) is 79.9 Å². The van der Waals surface area contributed by atoms with Crippen molar-refractivity contribution >= 4 is 80.3 Å². The van der Waals surface area contributed by atoms with Gasteiger partial charge in [0, 0.05) is 128 Å². The SMILES string of the molecule is CC[C@H](C)[C@@H]([C@@H](CC(=O)N1CCC[C@H]1[C@H](OC)[C@@H](C)C(=O)C[C@@H](Cc1ccccc1)C(=O)NCc1ccc(NC(=O)[C@H](CCCNC(N)=O)CC(=O)[C@@H](NC(=O)COCC(=O)NCCOCCn2cc(CNC(=O)CCCC#Cc3cnc(S(C)(=O)=O)nc3)nn2)C(C)C)cc1)OC)N(C)C(=O)[C@@H](CC(=O)[C@H](C(C)C)N(C)C)C(C)C.